The Morgan fingerprint density at radius 2 is 1.70 bits per heavy atom. The highest BCUT2D eigenvalue weighted by Crippen LogP contribution is 2.22. The predicted molar refractivity (Wildman–Crippen MR) is 104 cm³/mol. The molecule has 1 aliphatic heterocycles. The van der Waals surface area contributed by atoms with Crippen molar-refractivity contribution in [3.05, 3.63) is 54.6 Å². The summed E-state index contributed by atoms with van der Waals surface area (Å²) in [5, 5.41) is 2.77. The molecule has 1 atom stereocenters. The number of nitrogens with two attached hydrogens (primary N) is 1. The summed E-state index contributed by atoms with van der Waals surface area (Å²) in [4.78, 5) is 12.6. The zero-order valence-corrected chi connectivity index (χ0v) is 15.6. The molecule has 7 nitrogen and oxygen atoms in total. The van der Waals surface area contributed by atoms with Crippen molar-refractivity contribution in [1.29, 1.82) is 0 Å². The predicted octanol–water partition coefficient (Wildman–Crippen LogP) is 2.18. The first-order valence-electron chi connectivity index (χ1n) is 8.78. The van der Waals surface area contributed by atoms with Crippen molar-refractivity contribution in [3.8, 4) is 0 Å². The van der Waals surface area contributed by atoms with Gasteiger partial charge in [-0.05, 0) is 49.1 Å². The summed E-state index contributed by atoms with van der Waals surface area (Å²) < 4.78 is 32.6. The Labute approximate surface area is 159 Å². The number of carbonyl (C=O) groups is 1. The molecule has 1 aliphatic rings. The minimum Gasteiger partial charge on any atom is -0.381 e. The quantitative estimate of drug-likeness (QED) is 0.701. The summed E-state index contributed by atoms with van der Waals surface area (Å²) >= 11 is 0. The van der Waals surface area contributed by atoms with E-state index in [1.54, 1.807) is 42.5 Å². The summed E-state index contributed by atoms with van der Waals surface area (Å²) in [5.74, 6) is -0.205. The molecule has 144 valence electrons. The van der Waals surface area contributed by atoms with Crippen molar-refractivity contribution >= 4 is 27.3 Å². The number of sulfonamides is 1. The molecule has 1 fully saturated rings. The van der Waals surface area contributed by atoms with Gasteiger partial charge in [0.25, 0.3) is 10.0 Å². The van der Waals surface area contributed by atoms with E-state index in [0.29, 0.717) is 24.6 Å². The number of hydrogen-bond acceptors (Lipinski definition) is 5. The number of amides is 1. The van der Waals surface area contributed by atoms with E-state index in [1.807, 2.05) is 0 Å². The van der Waals surface area contributed by atoms with Gasteiger partial charge in [-0.2, -0.15) is 0 Å². The lowest BCUT2D eigenvalue weighted by molar-refractivity contribution is -0.119. The van der Waals surface area contributed by atoms with Gasteiger partial charge >= 0.3 is 0 Å². The second-order valence-corrected chi connectivity index (χ2v) is 8.15. The smallest absolute Gasteiger partial charge is 0.261 e. The van der Waals surface area contributed by atoms with Crippen LogP contribution < -0.4 is 15.8 Å². The molecular weight excluding hydrogens is 366 g/mol. The summed E-state index contributed by atoms with van der Waals surface area (Å²) in [5.41, 5.74) is 6.92. The largest absolute Gasteiger partial charge is 0.381 e. The Bertz CT molecular complexity index is 881. The van der Waals surface area contributed by atoms with E-state index < -0.39 is 16.1 Å². The first kappa shape index (κ1) is 19.3. The molecule has 0 bridgehead atoms. The molecule has 2 aromatic rings. The van der Waals surface area contributed by atoms with Crippen LogP contribution in [0.1, 0.15) is 12.8 Å². The normalized spacial score (nSPS) is 16.5. The summed E-state index contributed by atoms with van der Waals surface area (Å²) in [6.07, 6.45) is 1.51. The average molecular weight is 389 g/mol. The van der Waals surface area contributed by atoms with Crippen molar-refractivity contribution in [2.75, 3.05) is 23.3 Å². The fourth-order valence-corrected chi connectivity index (χ4v) is 4.06. The molecule has 1 amide bonds. The van der Waals surface area contributed by atoms with Gasteiger partial charge in [0.2, 0.25) is 5.91 Å². The number of anilines is 2. The highest BCUT2D eigenvalue weighted by Gasteiger charge is 2.26. The standard InChI is InChI=1S/C19H23N3O4S/c20-18(14-9-11-26-12-10-14)19(23)21-15-5-4-6-16(13-15)22-27(24,25)17-7-2-1-3-8-17/h1-8,13-14,18,22H,9-12,20H2,(H,21,23). The molecule has 0 saturated carbocycles. The number of hydrogen-bond donors (Lipinski definition) is 3. The van der Waals surface area contributed by atoms with Crippen LogP contribution >= 0.6 is 0 Å². The maximum absolute atomic E-state index is 12.4. The van der Waals surface area contributed by atoms with Gasteiger partial charge in [0.15, 0.2) is 0 Å². The van der Waals surface area contributed by atoms with Crippen LogP contribution in [0.3, 0.4) is 0 Å². The molecule has 4 N–H and O–H groups in total. The monoisotopic (exact) mass is 389 g/mol. The molecule has 0 aromatic heterocycles. The summed E-state index contributed by atoms with van der Waals surface area (Å²) in [6, 6.07) is 14.0. The van der Waals surface area contributed by atoms with Crippen LogP contribution in [-0.4, -0.2) is 33.6 Å². The van der Waals surface area contributed by atoms with Gasteiger partial charge in [-0.1, -0.05) is 24.3 Å². The average Bonchev–Trinajstić information content (AvgIpc) is 2.68. The highest BCUT2D eigenvalue weighted by atomic mass is 32.2. The third-order valence-corrected chi connectivity index (χ3v) is 5.91. The van der Waals surface area contributed by atoms with Crippen molar-refractivity contribution in [2.45, 2.75) is 23.8 Å². The highest BCUT2D eigenvalue weighted by molar-refractivity contribution is 7.92. The van der Waals surface area contributed by atoms with E-state index in [1.165, 1.54) is 12.1 Å². The van der Waals surface area contributed by atoms with Gasteiger partial charge < -0.3 is 15.8 Å². The number of carbonyl (C=O) groups excluding carboxylic acids is 1. The maximum Gasteiger partial charge on any atom is 0.261 e. The van der Waals surface area contributed by atoms with Gasteiger partial charge in [0, 0.05) is 18.9 Å². The van der Waals surface area contributed by atoms with Gasteiger partial charge in [0.1, 0.15) is 0 Å². The number of rotatable bonds is 6. The first-order chi connectivity index (χ1) is 13.0. The van der Waals surface area contributed by atoms with Crippen LogP contribution in [0.5, 0.6) is 0 Å². The summed E-state index contributed by atoms with van der Waals surface area (Å²) in [7, 11) is -3.69. The SMILES string of the molecule is NC(C(=O)Nc1cccc(NS(=O)(=O)c2ccccc2)c1)C1CCOCC1. The maximum atomic E-state index is 12.4. The van der Waals surface area contributed by atoms with Crippen LogP contribution in [0, 0.1) is 5.92 Å². The topological polar surface area (TPSA) is 111 Å². The Morgan fingerprint density at radius 3 is 2.41 bits per heavy atom. The lowest BCUT2D eigenvalue weighted by Crippen LogP contribution is -2.44. The summed E-state index contributed by atoms with van der Waals surface area (Å²) in [6.45, 7) is 1.23. The second-order valence-electron chi connectivity index (χ2n) is 6.46. The van der Waals surface area contributed by atoms with E-state index in [0.717, 1.165) is 12.8 Å². The van der Waals surface area contributed by atoms with E-state index in [9.17, 15) is 13.2 Å². The lowest BCUT2D eigenvalue weighted by atomic mass is 9.92. The third kappa shape index (κ3) is 5.06. The van der Waals surface area contributed by atoms with Crippen molar-refractivity contribution < 1.29 is 17.9 Å². The molecule has 1 saturated heterocycles. The molecule has 8 heteroatoms. The molecule has 1 heterocycles. The molecule has 1 unspecified atom stereocenters. The van der Waals surface area contributed by atoms with E-state index in [4.69, 9.17) is 10.5 Å². The van der Waals surface area contributed by atoms with E-state index in [-0.39, 0.29) is 16.7 Å². The fourth-order valence-electron chi connectivity index (χ4n) is 2.99. The molecule has 27 heavy (non-hydrogen) atoms. The van der Waals surface area contributed by atoms with Crippen LogP contribution in [0.25, 0.3) is 0 Å². The van der Waals surface area contributed by atoms with Crippen LogP contribution in [0.4, 0.5) is 11.4 Å². The van der Waals surface area contributed by atoms with Gasteiger partial charge in [-0.25, -0.2) is 8.42 Å². The Hall–Kier alpha value is -2.42. The lowest BCUT2D eigenvalue weighted by Gasteiger charge is -2.26. The van der Waals surface area contributed by atoms with Crippen molar-refractivity contribution in [1.82, 2.24) is 0 Å². The van der Waals surface area contributed by atoms with Gasteiger partial charge in [-0.15, -0.1) is 0 Å². The second kappa shape index (κ2) is 8.51. The zero-order chi connectivity index (χ0) is 19.3. The van der Waals surface area contributed by atoms with Crippen LogP contribution in [-0.2, 0) is 19.6 Å². The Kier molecular flexibility index (Phi) is 6.10. The first-order valence-corrected chi connectivity index (χ1v) is 10.3. The van der Waals surface area contributed by atoms with Crippen LogP contribution in [0.2, 0.25) is 0 Å². The van der Waals surface area contributed by atoms with Crippen molar-refractivity contribution in [3.63, 3.8) is 0 Å². The Morgan fingerprint density at radius 1 is 1.04 bits per heavy atom. The molecule has 0 aliphatic carbocycles. The third-order valence-electron chi connectivity index (χ3n) is 4.51. The zero-order valence-electron chi connectivity index (χ0n) is 14.8. The molecule has 0 spiro atoms. The minimum absolute atomic E-state index is 0.0820. The molecule has 0 radical (unpaired) electrons. The Balaban J connectivity index is 1.67. The van der Waals surface area contributed by atoms with Crippen LogP contribution in [0.15, 0.2) is 59.5 Å². The fraction of sp³-hybridized carbons (Fsp3) is 0.316. The molecule has 2 aromatic carbocycles. The van der Waals surface area contributed by atoms with E-state index >= 15 is 0 Å². The van der Waals surface area contributed by atoms with E-state index in [2.05, 4.69) is 10.0 Å². The van der Waals surface area contributed by atoms with Crippen molar-refractivity contribution in [2.24, 2.45) is 11.7 Å². The van der Waals surface area contributed by atoms with Gasteiger partial charge in [-0.3, -0.25) is 9.52 Å². The molecular formula is C19H23N3O4S. The molecule has 3 rings (SSSR count). The minimum atomic E-state index is -3.69. The number of nitrogens with one attached hydrogen (secondary N) is 2. The number of ether oxygens (including phenoxy) is 1. The number of benzene rings is 2. The van der Waals surface area contributed by atoms with Gasteiger partial charge in [0.05, 0.1) is 16.6 Å².